The highest BCUT2D eigenvalue weighted by atomic mass is 79.9. The number of halogens is 3. The highest BCUT2D eigenvalue weighted by Crippen LogP contribution is 2.30. The molecule has 0 aliphatic carbocycles. The van der Waals surface area contributed by atoms with E-state index in [1.165, 1.54) is 49.4 Å². The molecule has 0 aliphatic heterocycles. The van der Waals surface area contributed by atoms with E-state index >= 15 is 0 Å². The van der Waals surface area contributed by atoms with E-state index < -0.39 is 23.1 Å². The molecule has 2 aromatic carbocycles. The van der Waals surface area contributed by atoms with Gasteiger partial charge in [-0.1, -0.05) is 15.9 Å². The molecule has 3 nitrogen and oxygen atoms in total. The number of nitrogens with one attached hydrogen (secondary N) is 1. The van der Waals surface area contributed by atoms with Gasteiger partial charge in [0.1, 0.15) is 11.6 Å². The second kappa shape index (κ2) is 5.81. The third-order valence-corrected chi connectivity index (χ3v) is 3.63. The summed E-state index contributed by atoms with van der Waals surface area (Å²) in [6, 6.07) is 9.26. The maximum Gasteiger partial charge on any atom is 0.333 e. The number of hydrogen-bond donors (Lipinski definition) is 2. The first-order chi connectivity index (χ1) is 9.83. The number of benzene rings is 2. The summed E-state index contributed by atoms with van der Waals surface area (Å²) in [6.07, 6.45) is 0. The van der Waals surface area contributed by atoms with Crippen LogP contribution in [0.1, 0.15) is 12.5 Å². The maximum atomic E-state index is 14.0. The third kappa shape index (κ3) is 3.21. The van der Waals surface area contributed by atoms with Crippen molar-refractivity contribution in [2.24, 2.45) is 0 Å². The third-order valence-electron chi connectivity index (χ3n) is 3.13. The van der Waals surface area contributed by atoms with Crippen molar-refractivity contribution in [1.29, 1.82) is 0 Å². The second-order valence-corrected chi connectivity index (χ2v) is 5.60. The van der Waals surface area contributed by atoms with E-state index in [0.29, 0.717) is 10.2 Å². The number of carboxylic acid groups (broad SMARTS) is 1. The van der Waals surface area contributed by atoms with Crippen LogP contribution < -0.4 is 5.32 Å². The Bertz CT molecular complexity index is 676. The zero-order chi connectivity index (χ0) is 15.6. The summed E-state index contributed by atoms with van der Waals surface area (Å²) in [5.74, 6) is -2.33. The molecule has 1 unspecified atom stereocenters. The van der Waals surface area contributed by atoms with Crippen LogP contribution in [0.3, 0.4) is 0 Å². The lowest BCUT2D eigenvalue weighted by Gasteiger charge is -2.28. The van der Waals surface area contributed by atoms with E-state index in [1.54, 1.807) is 0 Å². The van der Waals surface area contributed by atoms with Crippen LogP contribution in [-0.2, 0) is 10.3 Å². The van der Waals surface area contributed by atoms with Gasteiger partial charge < -0.3 is 10.4 Å². The molecular formula is C15H12BrF2NO2. The van der Waals surface area contributed by atoms with Gasteiger partial charge in [0.15, 0.2) is 5.54 Å². The molecule has 2 rings (SSSR count). The lowest BCUT2D eigenvalue weighted by Crippen LogP contribution is -2.41. The summed E-state index contributed by atoms with van der Waals surface area (Å²) in [7, 11) is 0. The Balaban J connectivity index is 2.47. The molecule has 2 N–H and O–H groups in total. The number of rotatable bonds is 4. The van der Waals surface area contributed by atoms with Crippen LogP contribution >= 0.6 is 15.9 Å². The number of carboxylic acids is 1. The van der Waals surface area contributed by atoms with Crippen molar-refractivity contribution in [3.05, 3.63) is 64.1 Å². The lowest BCUT2D eigenvalue weighted by molar-refractivity contribution is -0.142. The van der Waals surface area contributed by atoms with E-state index in [-0.39, 0.29) is 5.56 Å². The first-order valence-electron chi connectivity index (χ1n) is 6.05. The van der Waals surface area contributed by atoms with Gasteiger partial charge in [-0.25, -0.2) is 13.6 Å². The molecule has 0 bridgehead atoms. The number of aliphatic carboxylic acids is 1. The van der Waals surface area contributed by atoms with Crippen LogP contribution in [0.5, 0.6) is 0 Å². The van der Waals surface area contributed by atoms with E-state index in [9.17, 15) is 18.7 Å². The second-order valence-electron chi connectivity index (χ2n) is 4.69. The van der Waals surface area contributed by atoms with Gasteiger partial charge in [-0.15, -0.1) is 0 Å². The zero-order valence-electron chi connectivity index (χ0n) is 11.0. The monoisotopic (exact) mass is 355 g/mol. The predicted octanol–water partition coefficient (Wildman–Crippen LogP) is 4.14. The standard InChI is InChI=1S/C15H12BrF2NO2/c1-15(14(20)21,12-8-9(16)2-7-13(12)18)19-11-5-3-10(17)4-6-11/h2-8,19H,1H3,(H,20,21). The maximum absolute atomic E-state index is 14.0. The normalized spacial score (nSPS) is 13.5. The van der Waals surface area contributed by atoms with Gasteiger partial charge in [-0.3, -0.25) is 0 Å². The fraction of sp³-hybridized carbons (Fsp3) is 0.133. The van der Waals surface area contributed by atoms with E-state index in [1.807, 2.05) is 0 Å². The van der Waals surface area contributed by atoms with Crippen LogP contribution in [-0.4, -0.2) is 11.1 Å². The van der Waals surface area contributed by atoms with Gasteiger partial charge in [-0.05, 0) is 49.4 Å². The SMILES string of the molecule is CC(Nc1ccc(F)cc1)(C(=O)O)c1cc(Br)ccc1F. The Kier molecular flexibility index (Phi) is 4.27. The first-order valence-corrected chi connectivity index (χ1v) is 6.85. The van der Waals surface area contributed by atoms with Gasteiger partial charge >= 0.3 is 5.97 Å². The Hall–Kier alpha value is -1.95. The van der Waals surface area contributed by atoms with Crippen LogP contribution in [0.4, 0.5) is 14.5 Å². The topological polar surface area (TPSA) is 49.3 Å². The lowest BCUT2D eigenvalue weighted by atomic mass is 9.91. The summed E-state index contributed by atoms with van der Waals surface area (Å²) >= 11 is 3.20. The largest absolute Gasteiger partial charge is 0.479 e. The fourth-order valence-electron chi connectivity index (χ4n) is 1.94. The molecule has 21 heavy (non-hydrogen) atoms. The Morgan fingerprint density at radius 3 is 2.38 bits per heavy atom. The molecule has 2 aromatic rings. The molecule has 0 radical (unpaired) electrons. The molecule has 6 heteroatoms. The van der Waals surface area contributed by atoms with Crippen molar-refractivity contribution < 1.29 is 18.7 Å². The van der Waals surface area contributed by atoms with Crippen molar-refractivity contribution in [1.82, 2.24) is 0 Å². The molecule has 0 aliphatic rings. The van der Waals surface area contributed by atoms with Crippen molar-refractivity contribution in [3.8, 4) is 0 Å². The van der Waals surface area contributed by atoms with Crippen molar-refractivity contribution in [3.63, 3.8) is 0 Å². The summed E-state index contributed by atoms with van der Waals surface area (Å²) in [4.78, 5) is 11.6. The Labute approximate surface area is 128 Å². The van der Waals surface area contributed by atoms with Crippen LogP contribution in [0.25, 0.3) is 0 Å². The average Bonchev–Trinajstić information content (AvgIpc) is 2.43. The predicted molar refractivity (Wildman–Crippen MR) is 79.1 cm³/mol. The minimum atomic E-state index is -1.69. The quantitative estimate of drug-likeness (QED) is 0.866. The van der Waals surface area contributed by atoms with Crippen molar-refractivity contribution in [2.45, 2.75) is 12.5 Å². The molecule has 110 valence electrons. The molecule has 0 saturated carbocycles. The van der Waals surface area contributed by atoms with Crippen LogP contribution in [0, 0.1) is 11.6 Å². The summed E-state index contributed by atoms with van der Waals surface area (Å²) < 4.78 is 27.5. The van der Waals surface area contributed by atoms with E-state index in [0.717, 1.165) is 0 Å². The Morgan fingerprint density at radius 2 is 1.81 bits per heavy atom. The zero-order valence-corrected chi connectivity index (χ0v) is 12.6. The number of carbonyl (C=O) groups is 1. The molecule has 0 amide bonds. The summed E-state index contributed by atoms with van der Waals surface area (Å²) in [5, 5.41) is 12.2. The molecule has 0 fully saturated rings. The van der Waals surface area contributed by atoms with Crippen LogP contribution in [0.2, 0.25) is 0 Å². The molecular weight excluding hydrogens is 344 g/mol. The summed E-state index contributed by atoms with van der Waals surface area (Å²) in [5.41, 5.74) is -1.33. The van der Waals surface area contributed by atoms with Gasteiger partial charge in [0.05, 0.1) is 0 Å². The minimum absolute atomic E-state index is 0.0197. The van der Waals surface area contributed by atoms with Gasteiger partial charge in [0.2, 0.25) is 0 Å². The van der Waals surface area contributed by atoms with Gasteiger partial charge in [0, 0.05) is 15.7 Å². The fourth-order valence-corrected chi connectivity index (χ4v) is 2.30. The highest BCUT2D eigenvalue weighted by Gasteiger charge is 2.37. The van der Waals surface area contributed by atoms with Gasteiger partial charge in [-0.2, -0.15) is 0 Å². The highest BCUT2D eigenvalue weighted by molar-refractivity contribution is 9.10. The number of anilines is 1. The Morgan fingerprint density at radius 1 is 1.19 bits per heavy atom. The molecule has 1 atom stereocenters. The van der Waals surface area contributed by atoms with Crippen LogP contribution in [0.15, 0.2) is 46.9 Å². The smallest absolute Gasteiger partial charge is 0.333 e. The summed E-state index contributed by atoms with van der Waals surface area (Å²) in [6.45, 7) is 1.35. The minimum Gasteiger partial charge on any atom is -0.479 e. The molecule has 0 aromatic heterocycles. The van der Waals surface area contributed by atoms with Crippen molar-refractivity contribution >= 4 is 27.6 Å². The molecule has 0 saturated heterocycles. The van der Waals surface area contributed by atoms with Crippen molar-refractivity contribution in [2.75, 3.05) is 5.32 Å². The van der Waals surface area contributed by atoms with Gasteiger partial charge in [0.25, 0.3) is 0 Å². The first kappa shape index (κ1) is 15.4. The van der Waals surface area contributed by atoms with E-state index in [4.69, 9.17) is 0 Å². The average molecular weight is 356 g/mol. The number of hydrogen-bond acceptors (Lipinski definition) is 2. The molecule has 0 spiro atoms. The molecule has 0 heterocycles. The van der Waals surface area contributed by atoms with E-state index in [2.05, 4.69) is 21.2 Å².